The first-order valence-electron chi connectivity index (χ1n) is 9.42. The second-order valence-corrected chi connectivity index (χ2v) is 6.57. The Kier molecular flexibility index (Phi) is 4.99. The number of rotatable bonds is 5. The topological polar surface area (TPSA) is 71.0 Å². The summed E-state index contributed by atoms with van der Waals surface area (Å²) in [5, 5.41) is 14.3. The molecule has 0 radical (unpaired) electrons. The lowest BCUT2D eigenvalue weighted by atomic mass is 10.0. The normalized spacial score (nSPS) is 15.4. The van der Waals surface area contributed by atoms with Crippen LogP contribution in [0.2, 0.25) is 0 Å². The fraction of sp³-hybridized carbons (Fsp3) is 0.174. The van der Waals surface area contributed by atoms with E-state index in [1.54, 1.807) is 42.3 Å². The number of benzene rings is 3. The minimum absolute atomic E-state index is 0.000992. The number of fused-ring (bicyclic) bond motifs is 1. The van der Waals surface area contributed by atoms with Crippen LogP contribution in [0.1, 0.15) is 29.0 Å². The number of aromatic hydroxyl groups is 1. The Labute approximate surface area is 169 Å². The molecule has 0 spiro atoms. The third-order valence-corrected chi connectivity index (χ3v) is 4.90. The maximum Gasteiger partial charge on any atom is 0.262 e. The van der Waals surface area contributed by atoms with Crippen LogP contribution in [-0.2, 0) is 0 Å². The zero-order chi connectivity index (χ0) is 20.4. The molecule has 148 valence electrons. The van der Waals surface area contributed by atoms with Crippen molar-refractivity contribution in [3.8, 4) is 17.2 Å². The van der Waals surface area contributed by atoms with Crippen LogP contribution in [0.25, 0.3) is 0 Å². The van der Waals surface area contributed by atoms with Gasteiger partial charge in [0.15, 0.2) is 11.5 Å². The highest BCUT2D eigenvalue weighted by molar-refractivity contribution is 6.12. The molecule has 0 bridgehead atoms. The zero-order valence-electron chi connectivity index (χ0n) is 16.3. The molecule has 3 aromatic rings. The van der Waals surface area contributed by atoms with Gasteiger partial charge in [0.25, 0.3) is 5.91 Å². The summed E-state index contributed by atoms with van der Waals surface area (Å²) in [6.07, 6.45) is -0.644. The van der Waals surface area contributed by atoms with Crippen LogP contribution < -0.4 is 19.7 Å². The first-order chi connectivity index (χ1) is 14.2. The van der Waals surface area contributed by atoms with E-state index in [1.165, 1.54) is 0 Å². The molecule has 1 aliphatic heterocycles. The van der Waals surface area contributed by atoms with Crippen LogP contribution in [0.15, 0.2) is 66.7 Å². The Morgan fingerprint density at radius 1 is 1.00 bits per heavy atom. The molecule has 2 N–H and O–H groups in total. The lowest BCUT2D eigenvalue weighted by Crippen LogP contribution is -2.43. The van der Waals surface area contributed by atoms with Crippen molar-refractivity contribution in [2.24, 2.45) is 0 Å². The summed E-state index contributed by atoms with van der Waals surface area (Å²) in [6.45, 7) is 2.28. The lowest BCUT2D eigenvalue weighted by molar-refractivity contribution is 0.0974. The molecule has 0 fully saturated rings. The predicted octanol–water partition coefficient (Wildman–Crippen LogP) is 4.57. The first kappa shape index (κ1) is 18.7. The Morgan fingerprint density at radius 3 is 2.52 bits per heavy atom. The monoisotopic (exact) mass is 390 g/mol. The van der Waals surface area contributed by atoms with E-state index in [0.717, 1.165) is 0 Å². The van der Waals surface area contributed by atoms with E-state index >= 15 is 0 Å². The molecule has 1 heterocycles. The van der Waals surface area contributed by atoms with Crippen molar-refractivity contribution in [1.82, 2.24) is 0 Å². The molecule has 0 aliphatic carbocycles. The van der Waals surface area contributed by atoms with Crippen LogP contribution in [-0.4, -0.2) is 24.7 Å². The van der Waals surface area contributed by atoms with Crippen molar-refractivity contribution < 1.29 is 19.4 Å². The average molecular weight is 390 g/mol. The van der Waals surface area contributed by atoms with E-state index < -0.39 is 6.17 Å². The smallest absolute Gasteiger partial charge is 0.262 e. The average Bonchev–Trinajstić information content (AvgIpc) is 2.75. The van der Waals surface area contributed by atoms with Gasteiger partial charge in [0.2, 0.25) is 0 Å². The van der Waals surface area contributed by atoms with Crippen molar-refractivity contribution in [3.63, 3.8) is 0 Å². The van der Waals surface area contributed by atoms with Gasteiger partial charge in [-0.2, -0.15) is 0 Å². The highest BCUT2D eigenvalue weighted by atomic mass is 16.5. The first-order valence-corrected chi connectivity index (χ1v) is 9.42. The highest BCUT2D eigenvalue weighted by Gasteiger charge is 2.37. The van der Waals surface area contributed by atoms with E-state index in [9.17, 15) is 9.90 Å². The summed E-state index contributed by atoms with van der Waals surface area (Å²) in [7, 11) is 1.57. The van der Waals surface area contributed by atoms with Crippen molar-refractivity contribution >= 4 is 17.3 Å². The Balaban J connectivity index is 1.91. The number of nitrogens with one attached hydrogen (secondary N) is 1. The van der Waals surface area contributed by atoms with Crippen LogP contribution in [0.3, 0.4) is 0 Å². The van der Waals surface area contributed by atoms with Crippen molar-refractivity contribution in [1.29, 1.82) is 0 Å². The number of carbonyl (C=O) groups excluding carboxylic acids is 1. The second-order valence-electron chi connectivity index (χ2n) is 6.57. The van der Waals surface area contributed by atoms with Crippen LogP contribution in [0.4, 0.5) is 11.4 Å². The number of hydrogen-bond donors (Lipinski definition) is 2. The van der Waals surface area contributed by atoms with Gasteiger partial charge in [-0.05, 0) is 37.3 Å². The molecular weight excluding hydrogens is 368 g/mol. The number of anilines is 2. The minimum Gasteiger partial charge on any atom is -0.504 e. The standard InChI is InChI=1S/C23H22N2O4/c1-3-29-20-14-8-10-16(21(20)26)22-24-17-11-5-4-9-15(17)23(27)25(22)18-12-6-7-13-19(18)28-2/h4-14,22,24,26H,3H2,1-2H3/t22-/m1/s1. The molecule has 0 unspecified atom stereocenters. The van der Waals surface area contributed by atoms with E-state index in [2.05, 4.69) is 5.32 Å². The lowest BCUT2D eigenvalue weighted by Gasteiger charge is -2.38. The third kappa shape index (κ3) is 3.23. The summed E-state index contributed by atoms with van der Waals surface area (Å²) in [5.41, 5.74) is 2.39. The molecule has 1 atom stereocenters. The van der Waals surface area contributed by atoms with E-state index in [-0.39, 0.29) is 11.7 Å². The number of amides is 1. The Morgan fingerprint density at radius 2 is 1.72 bits per heavy atom. The molecule has 6 heteroatoms. The number of para-hydroxylation sites is 4. The number of phenolic OH excluding ortho intramolecular Hbond substituents is 1. The number of nitrogens with zero attached hydrogens (tertiary/aromatic N) is 1. The Bertz CT molecular complexity index is 1050. The summed E-state index contributed by atoms with van der Waals surface area (Å²) in [6, 6.07) is 19.9. The number of phenols is 1. The summed E-state index contributed by atoms with van der Waals surface area (Å²) >= 11 is 0. The molecule has 0 saturated carbocycles. The molecule has 4 rings (SSSR count). The van der Waals surface area contributed by atoms with Crippen LogP contribution >= 0.6 is 0 Å². The van der Waals surface area contributed by atoms with Crippen molar-refractivity contribution in [2.45, 2.75) is 13.1 Å². The van der Waals surface area contributed by atoms with Gasteiger partial charge in [-0.1, -0.05) is 36.4 Å². The van der Waals surface area contributed by atoms with E-state index in [1.807, 2.05) is 43.3 Å². The number of methoxy groups -OCH3 is 1. The molecular formula is C23H22N2O4. The summed E-state index contributed by atoms with van der Waals surface area (Å²) in [5.74, 6) is 0.750. The fourth-order valence-electron chi connectivity index (χ4n) is 3.58. The second kappa shape index (κ2) is 7.75. The fourth-order valence-corrected chi connectivity index (χ4v) is 3.58. The highest BCUT2D eigenvalue weighted by Crippen LogP contribution is 2.44. The minimum atomic E-state index is -0.644. The van der Waals surface area contributed by atoms with Gasteiger partial charge in [-0.3, -0.25) is 9.69 Å². The van der Waals surface area contributed by atoms with E-state index in [4.69, 9.17) is 9.47 Å². The molecule has 0 aromatic heterocycles. The third-order valence-electron chi connectivity index (χ3n) is 4.90. The summed E-state index contributed by atoms with van der Waals surface area (Å²) < 4.78 is 11.0. The maximum atomic E-state index is 13.5. The van der Waals surface area contributed by atoms with Gasteiger partial charge in [-0.15, -0.1) is 0 Å². The van der Waals surface area contributed by atoms with Gasteiger partial charge in [-0.25, -0.2) is 0 Å². The van der Waals surface area contributed by atoms with Crippen molar-refractivity contribution in [2.75, 3.05) is 23.9 Å². The predicted molar refractivity (Wildman–Crippen MR) is 112 cm³/mol. The van der Waals surface area contributed by atoms with Gasteiger partial charge in [0.05, 0.1) is 25.0 Å². The molecule has 3 aromatic carbocycles. The summed E-state index contributed by atoms with van der Waals surface area (Å²) in [4.78, 5) is 15.1. The van der Waals surface area contributed by atoms with Crippen molar-refractivity contribution in [3.05, 3.63) is 77.9 Å². The van der Waals surface area contributed by atoms with Gasteiger partial charge < -0.3 is 19.9 Å². The molecule has 1 aliphatic rings. The van der Waals surface area contributed by atoms with Crippen LogP contribution in [0.5, 0.6) is 17.2 Å². The van der Waals surface area contributed by atoms with Gasteiger partial charge in [0, 0.05) is 11.3 Å². The maximum absolute atomic E-state index is 13.5. The number of ether oxygens (including phenoxy) is 2. The number of hydrogen-bond acceptors (Lipinski definition) is 5. The quantitative estimate of drug-likeness (QED) is 0.668. The molecule has 6 nitrogen and oxygen atoms in total. The largest absolute Gasteiger partial charge is 0.504 e. The van der Waals surface area contributed by atoms with E-state index in [0.29, 0.717) is 40.6 Å². The van der Waals surface area contributed by atoms with Gasteiger partial charge >= 0.3 is 0 Å². The Hall–Kier alpha value is -3.67. The zero-order valence-corrected chi connectivity index (χ0v) is 16.3. The molecule has 1 amide bonds. The van der Waals surface area contributed by atoms with Gasteiger partial charge in [0.1, 0.15) is 11.9 Å². The number of carbonyl (C=O) groups is 1. The molecule has 0 saturated heterocycles. The SMILES string of the molecule is CCOc1cccc([C@@H]2Nc3ccccc3C(=O)N2c2ccccc2OC)c1O. The molecule has 29 heavy (non-hydrogen) atoms. The van der Waals surface area contributed by atoms with Crippen LogP contribution in [0, 0.1) is 0 Å².